The third-order valence-electron chi connectivity index (χ3n) is 8.60. The highest BCUT2D eigenvalue weighted by molar-refractivity contribution is 6.31. The number of aromatic nitrogens is 2. The summed E-state index contributed by atoms with van der Waals surface area (Å²) >= 11 is 5.92. The van der Waals surface area contributed by atoms with E-state index >= 15 is 0 Å². The second-order valence-corrected chi connectivity index (χ2v) is 12.4. The minimum atomic E-state index is -4.67. The molecule has 0 bridgehead atoms. The fraction of sp³-hybridized carbons (Fsp3) is 0.600. The number of hydrogen-bond acceptors (Lipinski definition) is 8. The van der Waals surface area contributed by atoms with Crippen molar-refractivity contribution < 1.29 is 32.1 Å². The first-order chi connectivity index (χ1) is 20.4. The van der Waals surface area contributed by atoms with E-state index in [1.54, 1.807) is 6.92 Å². The zero-order chi connectivity index (χ0) is 30.9. The van der Waals surface area contributed by atoms with E-state index in [-0.39, 0.29) is 30.3 Å². The molecule has 1 aromatic carbocycles. The third-order valence-corrected chi connectivity index (χ3v) is 8.89. The second-order valence-electron chi connectivity index (χ2n) is 12.0. The van der Waals surface area contributed by atoms with Crippen LogP contribution in [0.1, 0.15) is 73.9 Å². The maximum Gasteiger partial charge on any atom is 0.418 e. The first-order valence-electron chi connectivity index (χ1n) is 14.6. The van der Waals surface area contributed by atoms with Crippen molar-refractivity contribution in [3.63, 3.8) is 0 Å². The van der Waals surface area contributed by atoms with Crippen LogP contribution in [0, 0.1) is 0 Å². The summed E-state index contributed by atoms with van der Waals surface area (Å²) in [5.74, 6) is 0.569. The normalized spacial score (nSPS) is 26.9. The highest BCUT2D eigenvalue weighted by Gasteiger charge is 2.40. The number of nitrogen functional groups attached to an aromatic ring is 1. The minimum absolute atomic E-state index is 0.00167. The number of fused-ring (bicyclic) bond motifs is 2. The SMILES string of the molecule is COc1nc2c(c(N3CCCCC(C)(O)C3)n1)COC(c1cc(N)cc(Cl)c1C(F)(F)F)C2.F/C=C1/CC2CCCN2C1. The van der Waals surface area contributed by atoms with Crippen molar-refractivity contribution in [2.45, 2.75) is 82.4 Å². The summed E-state index contributed by atoms with van der Waals surface area (Å²) in [7, 11) is 1.43. The highest BCUT2D eigenvalue weighted by atomic mass is 35.5. The molecule has 3 fully saturated rings. The van der Waals surface area contributed by atoms with Crippen molar-refractivity contribution in [3.05, 3.63) is 51.4 Å². The van der Waals surface area contributed by atoms with Crippen LogP contribution in [0.25, 0.3) is 0 Å². The summed E-state index contributed by atoms with van der Waals surface area (Å²) < 4.78 is 64.5. The van der Waals surface area contributed by atoms with Crippen LogP contribution in [0.2, 0.25) is 5.02 Å². The number of β-amino-alcohol motifs (C(OH)–C–C–N with tert-alkyl or cyclic N) is 1. The fourth-order valence-corrected chi connectivity index (χ4v) is 6.93. The maximum absolute atomic E-state index is 13.8. The van der Waals surface area contributed by atoms with Gasteiger partial charge in [0.25, 0.3) is 0 Å². The number of halogens is 5. The molecule has 0 radical (unpaired) electrons. The number of hydrogen-bond donors (Lipinski definition) is 2. The van der Waals surface area contributed by atoms with Crippen LogP contribution in [0.4, 0.5) is 29.1 Å². The number of rotatable bonds is 3. The van der Waals surface area contributed by atoms with Gasteiger partial charge in [0.05, 0.1) is 48.0 Å². The van der Waals surface area contributed by atoms with Gasteiger partial charge in [-0.25, -0.2) is 4.39 Å². The van der Waals surface area contributed by atoms with Crippen molar-refractivity contribution >= 4 is 23.1 Å². The lowest BCUT2D eigenvalue weighted by Gasteiger charge is -2.33. The van der Waals surface area contributed by atoms with E-state index in [9.17, 15) is 22.7 Å². The first-order valence-corrected chi connectivity index (χ1v) is 15.0. The van der Waals surface area contributed by atoms with Crippen molar-refractivity contribution in [2.75, 3.05) is 43.9 Å². The van der Waals surface area contributed by atoms with Gasteiger partial charge in [-0.15, -0.1) is 0 Å². The summed E-state index contributed by atoms with van der Waals surface area (Å²) in [6.45, 7) is 4.90. The van der Waals surface area contributed by atoms with Gasteiger partial charge >= 0.3 is 12.2 Å². The molecule has 3 unspecified atom stereocenters. The molecule has 3 N–H and O–H groups in total. The Morgan fingerprint density at radius 1 is 1.19 bits per heavy atom. The molecule has 4 aliphatic heterocycles. The van der Waals surface area contributed by atoms with Gasteiger partial charge < -0.3 is 25.2 Å². The van der Waals surface area contributed by atoms with Gasteiger partial charge in [-0.3, -0.25) is 4.90 Å². The Bertz CT molecular complexity index is 1340. The predicted molar refractivity (Wildman–Crippen MR) is 156 cm³/mol. The standard InChI is InChI=1S/C22H26ClF3N4O3.C8H12FN/c1-21(31)5-3-4-6-30(11-21)19-14-10-33-17(9-16(14)28-20(29-19)32-2)13-7-12(27)8-15(23)18(13)22(24,25)26;9-5-7-4-8-2-1-3-10(8)6-7/h7-8,17,31H,3-6,9-11,27H2,1-2H3;5,8H,1-4,6H2/b;7-5-. The summed E-state index contributed by atoms with van der Waals surface area (Å²) in [5.41, 5.74) is 6.13. The van der Waals surface area contributed by atoms with Crippen molar-refractivity contribution in [1.29, 1.82) is 0 Å². The number of benzene rings is 1. The van der Waals surface area contributed by atoms with Crippen LogP contribution in [0.3, 0.4) is 0 Å². The largest absolute Gasteiger partial charge is 0.467 e. The number of alkyl halides is 3. The number of methoxy groups -OCH3 is 1. The van der Waals surface area contributed by atoms with Crippen LogP contribution in [0.5, 0.6) is 6.01 Å². The van der Waals surface area contributed by atoms with E-state index in [2.05, 4.69) is 14.9 Å². The lowest BCUT2D eigenvalue weighted by molar-refractivity contribution is -0.139. The maximum atomic E-state index is 13.8. The van der Waals surface area contributed by atoms with E-state index < -0.39 is 28.5 Å². The van der Waals surface area contributed by atoms with E-state index in [0.29, 0.717) is 42.6 Å². The number of aliphatic hydroxyl groups is 1. The quantitative estimate of drug-likeness (QED) is 0.316. The Labute approximate surface area is 253 Å². The second kappa shape index (κ2) is 12.7. The molecule has 4 aliphatic rings. The molecule has 2 aromatic rings. The number of nitrogens with zero attached hydrogens (tertiary/aromatic N) is 4. The Hall–Kier alpha value is -2.67. The third kappa shape index (κ3) is 7.19. The lowest BCUT2D eigenvalue weighted by atomic mass is 9.94. The molecule has 6 rings (SSSR count). The molecular formula is C30H38ClF4N5O3. The van der Waals surface area contributed by atoms with Gasteiger partial charge in [0.1, 0.15) is 5.82 Å². The van der Waals surface area contributed by atoms with Gasteiger partial charge in [0.2, 0.25) is 0 Å². The van der Waals surface area contributed by atoms with Crippen LogP contribution in [-0.2, 0) is 23.9 Å². The van der Waals surface area contributed by atoms with Crippen LogP contribution < -0.4 is 15.4 Å². The van der Waals surface area contributed by atoms with Crippen LogP contribution in [0.15, 0.2) is 24.0 Å². The first kappa shape index (κ1) is 31.7. The van der Waals surface area contributed by atoms with E-state index in [1.807, 2.05) is 4.90 Å². The summed E-state index contributed by atoms with van der Waals surface area (Å²) in [5, 5.41) is 10.2. The monoisotopic (exact) mass is 627 g/mol. The van der Waals surface area contributed by atoms with Gasteiger partial charge in [-0.05, 0) is 75.3 Å². The number of nitrogens with two attached hydrogens (primary N) is 1. The molecule has 43 heavy (non-hydrogen) atoms. The van der Waals surface area contributed by atoms with Crippen molar-refractivity contribution in [1.82, 2.24) is 14.9 Å². The molecule has 0 saturated carbocycles. The van der Waals surface area contributed by atoms with Crippen LogP contribution in [-0.4, -0.2) is 64.9 Å². The Morgan fingerprint density at radius 2 is 1.98 bits per heavy atom. The molecule has 3 atom stereocenters. The fourth-order valence-electron chi connectivity index (χ4n) is 6.59. The summed E-state index contributed by atoms with van der Waals surface area (Å²) in [6.07, 6.45) is 1.22. The van der Waals surface area contributed by atoms with E-state index in [4.69, 9.17) is 26.8 Å². The molecule has 236 valence electrons. The van der Waals surface area contributed by atoms with Gasteiger partial charge in [0, 0.05) is 43.3 Å². The zero-order valence-corrected chi connectivity index (χ0v) is 25.1. The molecule has 0 aliphatic carbocycles. The minimum Gasteiger partial charge on any atom is -0.467 e. The predicted octanol–water partition coefficient (Wildman–Crippen LogP) is 6.00. The Balaban J connectivity index is 0.000000308. The molecule has 0 spiro atoms. The summed E-state index contributed by atoms with van der Waals surface area (Å²) in [4.78, 5) is 13.3. The van der Waals surface area contributed by atoms with Crippen molar-refractivity contribution in [3.8, 4) is 6.01 Å². The number of ether oxygens (including phenoxy) is 2. The van der Waals surface area contributed by atoms with Gasteiger partial charge in [0.15, 0.2) is 0 Å². The number of anilines is 2. The molecule has 3 saturated heterocycles. The van der Waals surface area contributed by atoms with Crippen LogP contribution >= 0.6 is 11.6 Å². The van der Waals surface area contributed by atoms with E-state index in [1.165, 1.54) is 32.6 Å². The van der Waals surface area contributed by atoms with Gasteiger partial charge in [-0.1, -0.05) is 11.6 Å². The topological polar surface area (TPSA) is 97.0 Å². The van der Waals surface area contributed by atoms with E-state index in [0.717, 1.165) is 43.8 Å². The average Bonchev–Trinajstić information content (AvgIpc) is 3.50. The average molecular weight is 628 g/mol. The summed E-state index contributed by atoms with van der Waals surface area (Å²) in [6, 6.07) is 3.12. The smallest absolute Gasteiger partial charge is 0.418 e. The van der Waals surface area contributed by atoms with Gasteiger partial charge in [-0.2, -0.15) is 23.1 Å². The molecule has 0 amide bonds. The Morgan fingerprint density at radius 3 is 2.67 bits per heavy atom. The highest BCUT2D eigenvalue weighted by Crippen LogP contribution is 2.44. The van der Waals surface area contributed by atoms with Crippen molar-refractivity contribution in [2.24, 2.45) is 0 Å². The molecule has 1 aromatic heterocycles. The molecular weight excluding hydrogens is 590 g/mol. The lowest BCUT2D eigenvalue weighted by Crippen LogP contribution is -2.40. The Kier molecular flexibility index (Phi) is 9.41. The zero-order valence-electron chi connectivity index (χ0n) is 24.4. The molecule has 13 heteroatoms. The molecule has 8 nitrogen and oxygen atoms in total. The molecule has 5 heterocycles.